The number of thiocarbonyl (C=S) groups is 1. The molecule has 0 bridgehead atoms. The van der Waals surface area contributed by atoms with Crippen molar-refractivity contribution in [1.29, 1.82) is 0 Å². The molecule has 130 valence electrons. The molecule has 4 rings (SSSR count). The quantitative estimate of drug-likeness (QED) is 0.439. The molecule has 25 heavy (non-hydrogen) atoms. The predicted octanol–water partition coefficient (Wildman–Crippen LogP) is 1.98. The van der Waals surface area contributed by atoms with Crippen molar-refractivity contribution in [2.45, 2.75) is 25.7 Å². The van der Waals surface area contributed by atoms with Crippen molar-refractivity contribution in [2.75, 3.05) is 32.1 Å². The Bertz CT molecular complexity index is 773. The van der Waals surface area contributed by atoms with E-state index >= 15 is 0 Å². The highest BCUT2D eigenvalue weighted by molar-refractivity contribution is 7.80. The van der Waals surface area contributed by atoms with Gasteiger partial charge in [0.1, 0.15) is 5.57 Å². The van der Waals surface area contributed by atoms with Crippen LogP contribution in [0.2, 0.25) is 0 Å². The Morgan fingerprint density at radius 1 is 0.960 bits per heavy atom. The summed E-state index contributed by atoms with van der Waals surface area (Å²) in [6.45, 7) is 2.26. The van der Waals surface area contributed by atoms with Gasteiger partial charge in [0, 0.05) is 32.9 Å². The lowest BCUT2D eigenvalue weighted by Crippen LogP contribution is -2.52. The SMILES string of the molecule is CN1C(=O)C(=Cc2cc3c4c(c2)CCCN4CCC3)C(=O)N(C)C1=S. The first-order chi connectivity index (χ1) is 12.0. The second-order valence-corrected chi connectivity index (χ2v) is 7.32. The lowest BCUT2D eigenvalue weighted by Gasteiger charge is -2.37. The zero-order valence-electron chi connectivity index (χ0n) is 14.5. The maximum atomic E-state index is 12.5. The normalized spacial score (nSPS) is 20.2. The van der Waals surface area contributed by atoms with Crippen LogP contribution < -0.4 is 4.90 Å². The van der Waals surface area contributed by atoms with Gasteiger partial charge in [-0.25, -0.2) is 0 Å². The fourth-order valence-corrected chi connectivity index (χ4v) is 4.22. The highest BCUT2D eigenvalue weighted by Gasteiger charge is 2.35. The van der Waals surface area contributed by atoms with Crippen molar-refractivity contribution in [3.63, 3.8) is 0 Å². The van der Waals surface area contributed by atoms with Gasteiger partial charge in [0.15, 0.2) is 5.11 Å². The molecule has 0 spiro atoms. The number of rotatable bonds is 1. The van der Waals surface area contributed by atoms with E-state index in [4.69, 9.17) is 12.2 Å². The smallest absolute Gasteiger partial charge is 0.265 e. The standard InChI is InChI=1S/C19H21N3O2S/c1-20-17(23)15(18(24)21(2)19(20)25)11-12-9-13-5-3-7-22-8-4-6-14(10-12)16(13)22/h9-11H,3-8H2,1-2H3. The van der Waals surface area contributed by atoms with Crippen LogP contribution in [-0.4, -0.2) is 53.9 Å². The molecule has 0 unspecified atom stereocenters. The van der Waals surface area contributed by atoms with Crippen LogP contribution in [0.15, 0.2) is 17.7 Å². The Morgan fingerprint density at radius 3 is 2.00 bits per heavy atom. The van der Waals surface area contributed by atoms with E-state index in [-0.39, 0.29) is 22.5 Å². The van der Waals surface area contributed by atoms with Gasteiger partial charge >= 0.3 is 0 Å². The number of hydrogen-bond donors (Lipinski definition) is 0. The maximum Gasteiger partial charge on any atom is 0.265 e. The molecule has 0 N–H and O–H groups in total. The van der Waals surface area contributed by atoms with Crippen LogP contribution in [0.3, 0.4) is 0 Å². The van der Waals surface area contributed by atoms with Crippen LogP contribution >= 0.6 is 12.2 Å². The topological polar surface area (TPSA) is 43.9 Å². The van der Waals surface area contributed by atoms with Crippen molar-refractivity contribution in [1.82, 2.24) is 9.80 Å². The summed E-state index contributed by atoms with van der Waals surface area (Å²) in [7, 11) is 3.21. The van der Waals surface area contributed by atoms with Gasteiger partial charge in [0.2, 0.25) is 0 Å². The number of benzene rings is 1. The molecular weight excluding hydrogens is 334 g/mol. The number of amides is 2. The molecule has 1 fully saturated rings. The van der Waals surface area contributed by atoms with E-state index in [1.165, 1.54) is 26.6 Å². The molecule has 0 atom stereocenters. The highest BCUT2D eigenvalue weighted by atomic mass is 32.1. The number of nitrogens with zero attached hydrogens (tertiary/aromatic N) is 3. The largest absolute Gasteiger partial charge is 0.371 e. The van der Waals surface area contributed by atoms with Gasteiger partial charge in [0.25, 0.3) is 11.8 Å². The first-order valence-electron chi connectivity index (χ1n) is 8.70. The van der Waals surface area contributed by atoms with Crippen molar-refractivity contribution >= 4 is 40.9 Å². The second kappa shape index (κ2) is 5.95. The van der Waals surface area contributed by atoms with Gasteiger partial charge < -0.3 is 4.90 Å². The first-order valence-corrected chi connectivity index (χ1v) is 9.10. The van der Waals surface area contributed by atoms with Gasteiger partial charge in [-0.15, -0.1) is 0 Å². The lowest BCUT2D eigenvalue weighted by molar-refractivity contribution is -0.132. The fraction of sp³-hybridized carbons (Fsp3) is 0.421. The van der Waals surface area contributed by atoms with E-state index in [0.717, 1.165) is 44.3 Å². The number of carbonyl (C=O) groups is 2. The Morgan fingerprint density at radius 2 is 1.48 bits per heavy atom. The number of anilines is 1. The third-order valence-corrected chi connectivity index (χ3v) is 5.86. The van der Waals surface area contributed by atoms with Crippen LogP contribution in [0.4, 0.5) is 5.69 Å². The average molecular weight is 355 g/mol. The average Bonchev–Trinajstić information content (AvgIpc) is 2.62. The molecule has 1 aromatic rings. The van der Waals surface area contributed by atoms with E-state index in [1.54, 1.807) is 20.2 Å². The summed E-state index contributed by atoms with van der Waals surface area (Å²) in [6, 6.07) is 4.27. The summed E-state index contributed by atoms with van der Waals surface area (Å²) in [5.74, 6) is -0.665. The monoisotopic (exact) mass is 355 g/mol. The number of aryl methyl sites for hydroxylation is 2. The van der Waals surface area contributed by atoms with Gasteiger partial charge in [-0.05, 0) is 72.8 Å². The molecule has 6 heteroatoms. The molecule has 5 nitrogen and oxygen atoms in total. The van der Waals surface area contributed by atoms with Crippen LogP contribution in [-0.2, 0) is 22.4 Å². The van der Waals surface area contributed by atoms with Crippen molar-refractivity contribution < 1.29 is 9.59 Å². The number of carbonyl (C=O) groups excluding carboxylic acids is 2. The van der Waals surface area contributed by atoms with E-state index in [1.807, 2.05) is 0 Å². The highest BCUT2D eigenvalue weighted by Crippen LogP contribution is 2.36. The van der Waals surface area contributed by atoms with Gasteiger partial charge in [-0.2, -0.15) is 0 Å². The van der Waals surface area contributed by atoms with Crippen molar-refractivity contribution in [2.24, 2.45) is 0 Å². The second-order valence-electron chi connectivity index (χ2n) is 6.95. The van der Waals surface area contributed by atoms with Crippen molar-refractivity contribution in [3.05, 3.63) is 34.4 Å². The van der Waals surface area contributed by atoms with Crippen molar-refractivity contribution in [3.8, 4) is 0 Å². The summed E-state index contributed by atoms with van der Waals surface area (Å²) in [5, 5.41) is 0.239. The van der Waals surface area contributed by atoms with Gasteiger partial charge in [0.05, 0.1) is 0 Å². The molecule has 2 amide bonds. The Labute approximate surface area is 152 Å². The molecular formula is C19H21N3O2S. The number of likely N-dealkylation sites (N-methyl/N-ethyl adjacent to an activating group) is 2. The molecule has 0 aromatic heterocycles. The molecule has 3 aliphatic rings. The summed E-state index contributed by atoms with van der Waals surface area (Å²) in [6.07, 6.45) is 6.15. The van der Waals surface area contributed by atoms with Gasteiger partial charge in [-0.3, -0.25) is 19.4 Å². The summed E-state index contributed by atoms with van der Waals surface area (Å²) in [5.41, 5.74) is 5.17. The summed E-state index contributed by atoms with van der Waals surface area (Å²) < 4.78 is 0. The molecule has 0 radical (unpaired) electrons. The predicted molar refractivity (Wildman–Crippen MR) is 101 cm³/mol. The zero-order chi connectivity index (χ0) is 17.7. The van der Waals surface area contributed by atoms with E-state index < -0.39 is 0 Å². The molecule has 1 aromatic carbocycles. The van der Waals surface area contributed by atoms with Crippen LogP contribution in [0.1, 0.15) is 29.5 Å². The molecule has 3 heterocycles. The number of hydrogen-bond acceptors (Lipinski definition) is 4. The molecule has 0 aliphatic carbocycles. The third kappa shape index (κ3) is 2.56. The first kappa shape index (κ1) is 16.3. The van der Waals surface area contributed by atoms with E-state index in [2.05, 4.69) is 17.0 Å². The Balaban J connectivity index is 1.78. The minimum Gasteiger partial charge on any atom is -0.371 e. The molecule has 0 saturated carbocycles. The maximum absolute atomic E-state index is 12.5. The molecule has 3 aliphatic heterocycles. The van der Waals surface area contributed by atoms with E-state index in [0.29, 0.717) is 0 Å². The summed E-state index contributed by atoms with van der Waals surface area (Å²) >= 11 is 5.14. The van der Waals surface area contributed by atoms with E-state index in [9.17, 15) is 9.59 Å². The fourth-order valence-electron chi connectivity index (χ4n) is 4.06. The zero-order valence-corrected chi connectivity index (χ0v) is 15.4. The molecule has 1 saturated heterocycles. The summed E-state index contributed by atoms with van der Waals surface area (Å²) in [4.78, 5) is 30.2. The minimum atomic E-state index is -0.332. The third-order valence-electron chi connectivity index (χ3n) is 5.31. The Hall–Kier alpha value is -2.21. The van der Waals surface area contributed by atoms with Crippen LogP contribution in [0.25, 0.3) is 6.08 Å². The van der Waals surface area contributed by atoms with Crippen LogP contribution in [0, 0.1) is 0 Å². The van der Waals surface area contributed by atoms with Gasteiger partial charge in [-0.1, -0.05) is 0 Å². The van der Waals surface area contributed by atoms with Crippen LogP contribution in [0.5, 0.6) is 0 Å². The Kier molecular flexibility index (Phi) is 3.87. The minimum absolute atomic E-state index is 0.175. The lowest BCUT2D eigenvalue weighted by atomic mass is 9.89.